The van der Waals surface area contributed by atoms with Gasteiger partial charge in [0.05, 0.1) is 18.3 Å². The van der Waals surface area contributed by atoms with E-state index in [0.29, 0.717) is 18.1 Å². The topological polar surface area (TPSA) is 67.1 Å². The van der Waals surface area contributed by atoms with Crippen molar-refractivity contribution in [1.29, 1.82) is 0 Å². The molecular formula is C17H18ClN5O. The molecule has 1 saturated heterocycles. The van der Waals surface area contributed by atoms with Crippen LogP contribution >= 0.6 is 11.6 Å². The Kier molecular flexibility index (Phi) is 3.86. The zero-order chi connectivity index (χ0) is 16.6. The highest BCUT2D eigenvalue weighted by molar-refractivity contribution is 6.31. The zero-order valence-corrected chi connectivity index (χ0v) is 13.9. The lowest BCUT2D eigenvalue weighted by molar-refractivity contribution is 0.00610. The Morgan fingerprint density at radius 3 is 3.00 bits per heavy atom. The first-order valence-electron chi connectivity index (χ1n) is 7.99. The Morgan fingerprint density at radius 2 is 2.17 bits per heavy atom. The van der Waals surface area contributed by atoms with Crippen molar-refractivity contribution in [3.05, 3.63) is 47.9 Å². The number of fused-ring (bicyclic) bond motifs is 1. The lowest BCUT2D eigenvalue weighted by Gasteiger charge is -2.40. The molecule has 3 aromatic rings. The largest absolute Gasteiger partial charge is 0.386 e. The van der Waals surface area contributed by atoms with Crippen molar-refractivity contribution >= 4 is 28.2 Å². The van der Waals surface area contributed by atoms with E-state index in [2.05, 4.69) is 20.2 Å². The highest BCUT2D eigenvalue weighted by Crippen LogP contribution is 2.32. The quantitative estimate of drug-likeness (QED) is 0.791. The second-order valence-electron chi connectivity index (χ2n) is 6.34. The smallest absolute Gasteiger partial charge is 0.102 e. The van der Waals surface area contributed by atoms with Crippen molar-refractivity contribution in [3.63, 3.8) is 0 Å². The number of aliphatic hydroxyl groups is 1. The summed E-state index contributed by atoms with van der Waals surface area (Å²) >= 11 is 6.17. The summed E-state index contributed by atoms with van der Waals surface area (Å²) in [5.74, 6) is 0. The molecule has 0 aliphatic carbocycles. The number of piperidine rings is 1. The molecule has 0 radical (unpaired) electrons. The van der Waals surface area contributed by atoms with E-state index in [1.165, 1.54) is 0 Å². The van der Waals surface area contributed by atoms with E-state index in [1.807, 2.05) is 24.3 Å². The average Bonchev–Trinajstić information content (AvgIpc) is 3.06. The van der Waals surface area contributed by atoms with Crippen molar-refractivity contribution < 1.29 is 5.11 Å². The highest BCUT2D eigenvalue weighted by atomic mass is 35.5. The van der Waals surface area contributed by atoms with Gasteiger partial charge in [-0.1, -0.05) is 16.8 Å². The molecule has 124 valence electrons. The number of rotatable bonds is 3. The first-order valence-corrected chi connectivity index (χ1v) is 8.37. The van der Waals surface area contributed by atoms with Crippen molar-refractivity contribution in [2.75, 3.05) is 18.0 Å². The van der Waals surface area contributed by atoms with Gasteiger partial charge >= 0.3 is 0 Å². The van der Waals surface area contributed by atoms with Crippen LogP contribution in [-0.2, 0) is 6.54 Å². The summed E-state index contributed by atoms with van der Waals surface area (Å²) in [4.78, 5) is 6.61. The second kappa shape index (κ2) is 6.03. The number of β-amino-alcohol motifs (C(OH)–C–C–N with tert-alkyl or cyclic N) is 1. The van der Waals surface area contributed by atoms with Gasteiger partial charge in [-0.3, -0.25) is 4.98 Å². The van der Waals surface area contributed by atoms with Gasteiger partial charge in [-0.2, -0.15) is 0 Å². The molecule has 4 rings (SSSR count). The lowest BCUT2D eigenvalue weighted by Crippen LogP contribution is -2.50. The monoisotopic (exact) mass is 343 g/mol. The highest BCUT2D eigenvalue weighted by Gasteiger charge is 2.34. The van der Waals surface area contributed by atoms with Crippen LogP contribution in [0.5, 0.6) is 0 Å². The minimum absolute atomic E-state index is 0.438. The van der Waals surface area contributed by atoms with Gasteiger partial charge in [-0.25, -0.2) is 4.68 Å². The minimum Gasteiger partial charge on any atom is -0.386 e. The Balaban J connectivity index is 1.66. The van der Waals surface area contributed by atoms with Gasteiger partial charge in [0.15, 0.2) is 0 Å². The van der Waals surface area contributed by atoms with E-state index >= 15 is 0 Å². The maximum atomic E-state index is 11.0. The number of hydrogen-bond donors (Lipinski definition) is 1. The van der Waals surface area contributed by atoms with E-state index in [0.717, 1.165) is 36.0 Å². The summed E-state index contributed by atoms with van der Waals surface area (Å²) in [5.41, 5.74) is 1.13. The maximum Gasteiger partial charge on any atom is 0.102 e. The Labute approximate surface area is 144 Å². The third-order valence-corrected chi connectivity index (χ3v) is 4.74. The fraction of sp³-hybridized carbons (Fsp3) is 0.353. The number of pyridine rings is 1. The van der Waals surface area contributed by atoms with E-state index in [9.17, 15) is 5.11 Å². The van der Waals surface area contributed by atoms with E-state index in [1.54, 1.807) is 23.3 Å². The molecule has 0 bridgehead atoms. The van der Waals surface area contributed by atoms with Crippen molar-refractivity contribution in [3.8, 4) is 0 Å². The fourth-order valence-corrected chi connectivity index (χ4v) is 3.62. The summed E-state index contributed by atoms with van der Waals surface area (Å²) in [7, 11) is 0. The third-order valence-electron chi connectivity index (χ3n) is 4.50. The molecule has 1 N–H and O–H groups in total. The third kappa shape index (κ3) is 2.95. The summed E-state index contributed by atoms with van der Waals surface area (Å²) < 4.78 is 1.69. The Morgan fingerprint density at radius 1 is 1.25 bits per heavy atom. The maximum absolute atomic E-state index is 11.0. The van der Waals surface area contributed by atoms with Gasteiger partial charge in [0.2, 0.25) is 0 Å². The summed E-state index contributed by atoms with van der Waals surface area (Å²) in [6.07, 6.45) is 6.86. The molecule has 1 fully saturated rings. The predicted molar refractivity (Wildman–Crippen MR) is 93.2 cm³/mol. The molecule has 2 aromatic heterocycles. The molecule has 1 aliphatic heterocycles. The van der Waals surface area contributed by atoms with Crippen LogP contribution in [0.1, 0.15) is 12.8 Å². The van der Waals surface area contributed by atoms with Gasteiger partial charge in [-0.05, 0) is 37.1 Å². The number of hydrogen-bond acceptors (Lipinski definition) is 5. The van der Waals surface area contributed by atoms with Gasteiger partial charge in [-0.15, -0.1) is 5.10 Å². The van der Waals surface area contributed by atoms with Crippen LogP contribution in [0.25, 0.3) is 10.9 Å². The molecule has 1 atom stereocenters. The van der Waals surface area contributed by atoms with Crippen molar-refractivity contribution in [1.82, 2.24) is 20.0 Å². The number of aromatic nitrogens is 4. The van der Waals surface area contributed by atoms with Crippen LogP contribution in [0.15, 0.2) is 42.9 Å². The Hall–Kier alpha value is -2.18. The molecule has 0 amide bonds. The lowest BCUT2D eigenvalue weighted by atomic mass is 9.92. The number of anilines is 1. The summed E-state index contributed by atoms with van der Waals surface area (Å²) in [6, 6.07) is 7.69. The standard InChI is InChI=1S/C17H18ClN5O/c18-13-2-3-15-14(10-13)16(4-6-19-15)22-8-1-5-17(24,11-22)12-23-9-7-20-21-23/h2-4,6-7,9-10,24H,1,5,8,11-12H2. The molecule has 0 spiro atoms. The molecule has 1 aromatic carbocycles. The number of halogens is 1. The van der Waals surface area contributed by atoms with Crippen molar-refractivity contribution in [2.45, 2.75) is 25.0 Å². The normalized spacial score (nSPS) is 21.3. The fourth-order valence-electron chi connectivity index (χ4n) is 3.45. The van der Waals surface area contributed by atoms with E-state index in [4.69, 9.17) is 11.6 Å². The summed E-state index contributed by atoms with van der Waals surface area (Å²) in [5, 5.41) is 20.5. The van der Waals surface area contributed by atoms with E-state index in [-0.39, 0.29) is 0 Å². The van der Waals surface area contributed by atoms with Crippen molar-refractivity contribution in [2.24, 2.45) is 0 Å². The van der Waals surface area contributed by atoms with E-state index < -0.39 is 5.60 Å². The molecule has 3 heterocycles. The van der Waals surface area contributed by atoms with Crippen LogP contribution in [0.2, 0.25) is 5.02 Å². The average molecular weight is 344 g/mol. The summed E-state index contributed by atoms with van der Waals surface area (Å²) in [6.45, 7) is 1.87. The molecule has 6 nitrogen and oxygen atoms in total. The molecule has 1 aliphatic rings. The first-order chi connectivity index (χ1) is 11.6. The molecular weight excluding hydrogens is 326 g/mol. The van der Waals surface area contributed by atoms with Gasteiger partial charge in [0.1, 0.15) is 5.60 Å². The van der Waals surface area contributed by atoms with Crippen LogP contribution in [0.4, 0.5) is 5.69 Å². The minimum atomic E-state index is -0.833. The molecule has 7 heteroatoms. The second-order valence-corrected chi connectivity index (χ2v) is 6.78. The predicted octanol–water partition coefficient (Wildman–Crippen LogP) is 2.51. The van der Waals surface area contributed by atoms with Crippen LogP contribution in [-0.4, -0.2) is 43.8 Å². The number of benzene rings is 1. The Bertz CT molecular complexity index is 853. The molecule has 24 heavy (non-hydrogen) atoms. The van der Waals surface area contributed by atoms with Crippen LogP contribution in [0, 0.1) is 0 Å². The first kappa shape index (κ1) is 15.4. The zero-order valence-electron chi connectivity index (χ0n) is 13.1. The van der Waals surface area contributed by atoms with Gasteiger partial charge < -0.3 is 10.0 Å². The van der Waals surface area contributed by atoms with Gasteiger partial charge in [0.25, 0.3) is 0 Å². The van der Waals surface area contributed by atoms with Crippen LogP contribution < -0.4 is 4.90 Å². The SMILES string of the molecule is OC1(Cn2ccnn2)CCCN(c2ccnc3ccc(Cl)cc23)C1. The van der Waals surface area contributed by atoms with Crippen LogP contribution in [0.3, 0.4) is 0 Å². The van der Waals surface area contributed by atoms with Gasteiger partial charge in [0, 0.05) is 41.6 Å². The number of nitrogens with zero attached hydrogens (tertiary/aromatic N) is 5. The molecule has 1 unspecified atom stereocenters. The molecule has 0 saturated carbocycles.